The van der Waals surface area contributed by atoms with Crippen molar-refractivity contribution in [2.45, 2.75) is 25.4 Å². The molecular weight excluding hydrogens is 274 g/mol. The normalized spacial score (nSPS) is 28.1. The number of rotatable bonds is 2. The molecule has 0 heterocycles. The summed E-state index contributed by atoms with van der Waals surface area (Å²) < 4.78 is 50.8. The van der Waals surface area contributed by atoms with Crippen molar-refractivity contribution in [3.05, 3.63) is 29.6 Å². The number of fused-ring (bicyclic) bond motifs is 1. The van der Waals surface area contributed by atoms with Crippen molar-refractivity contribution in [2.24, 2.45) is 17.8 Å². The highest BCUT2D eigenvalue weighted by molar-refractivity contribution is 5.93. The number of alkyl halides is 3. The Labute approximate surface area is 113 Å². The first kappa shape index (κ1) is 13.4. The zero-order chi connectivity index (χ0) is 14.5. The molecular formula is C14H13F4NO. The van der Waals surface area contributed by atoms with E-state index in [0.717, 1.165) is 25.0 Å². The van der Waals surface area contributed by atoms with Gasteiger partial charge >= 0.3 is 6.18 Å². The highest BCUT2D eigenvalue weighted by Crippen LogP contribution is 2.54. The summed E-state index contributed by atoms with van der Waals surface area (Å²) in [7, 11) is 0. The van der Waals surface area contributed by atoms with Crippen molar-refractivity contribution in [1.82, 2.24) is 0 Å². The van der Waals surface area contributed by atoms with E-state index < -0.39 is 17.6 Å². The topological polar surface area (TPSA) is 29.1 Å². The number of carbonyl (C=O) groups is 1. The Morgan fingerprint density at radius 2 is 1.80 bits per heavy atom. The zero-order valence-corrected chi connectivity index (χ0v) is 10.5. The molecule has 3 rings (SSSR count). The molecule has 0 aliphatic heterocycles. The number of hydrogen-bond acceptors (Lipinski definition) is 1. The number of halogens is 4. The molecule has 6 heteroatoms. The summed E-state index contributed by atoms with van der Waals surface area (Å²) in [6.07, 6.45) is -1.98. The number of hydrogen-bond donors (Lipinski definition) is 1. The number of carbonyl (C=O) groups excluding carboxylic acids is 1. The molecule has 20 heavy (non-hydrogen) atoms. The Bertz CT molecular complexity index is 545. The Kier molecular flexibility index (Phi) is 2.99. The molecule has 108 valence electrons. The van der Waals surface area contributed by atoms with E-state index in [9.17, 15) is 22.4 Å². The van der Waals surface area contributed by atoms with Crippen molar-refractivity contribution >= 4 is 11.6 Å². The van der Waals surface area contributed by atoms with Gasteiger partial charge in [-0.05, 0) is 49.3 Å². The minimum absolute atomic E-state index is 0.00991. The predicted molar refractivity (Wildman–Crippen MR) is 64.4 cm³/mol. The van der Waals surface area contributed by atoms with Crippen LogP contribution in [0.1, 0.15) is 24.8 Å². The lowest BCUT2D eigenvalue weighted by Crippen LogP contribution is -2.22. The lowest BCUT2D eigenvalue weighted by molar-refractivity contribution is -0.140. The van der Waals surface area contributed by atoms with E-state index in [0.29, 0.717) is 17.9 Å². The summed E-state index contributed by atoms with van der Waals surface area (Å²) >= 11 is 0. The maximum Gasteiger partial charge on any atom is 0.419 e. The van der Waals surface area contributed by atoms with Gasteiger partial charge in [0.15, 0.2) is 0 Å². The first-order chi connectivity index (χ1) is 9.34. The van der Waals surface area contributed by atoms with E-state index in [1.807, 2.05) is 0 Å². The SMILES string of the molecule is O=C(Nc1ccc(F)c(C(F)(F)F)c1)C1CC2CC2C1. The minimum atomic E-state index is -4.76. The van der Waals surface area contributed by atoms with Gasteiger partial charge in [-0.3, -0.25) is 4.79 Å². The highest BCUT2D eigenvalue weighted by Gasteiger charge is 2.48. The number of amides is 1. The maximum atomic E-state index is 13.1. The molecule has 2 fully saturated rings. The van der Waals surface area contributed by atoms with Gasteiger partial charge in [-0.25, -0.2) is 4.39 Å². The molecule has 0 saturated heterocycles. The van der Waals surface area contributed by atoms with Gasteiger partial charge in [0.1, 0.15) is 5.82 Å². The smallest absolute Gasteiger partial charge is 0.326 e. The van der Waals surface area contributed by atoms with E-state index in [4.69, 9.17) is 0 Å². The molecule has 2 aliphatic rings. The van der Waals surface area contributed by atoms with Gasteiger partial charge in [0, 0.05) is 11.6 Å². The second-order valence-corrected chi connectivity index (χ2v) is 5.61. The van der Waals surface area contributed by atoms with Crippen LogP contribution in [0.5, 0.6) is 0 Å². The molecule has 2 nitrogen and oxygen atoms in total. The van der Waals surface area contributed by atoms with Crippen LogP contribution in [0, 0.1) is 23.6 Å². The van der Waals surface area contributed by atoms with E-state index in [1.54, 1.807) is 0 Å². The molecule has 1 N–H and O–H groups in total. The van der Waals surface area contributed by atoms with E-state index in [2.05, 4.69) is 5.32 Å². The standard InChI is InChI=1S/C14H13F4NO/c15-12-2-1-10(6-11(12)14(16,17)18)19-13(20)9-4-7-3-8(7)5-9/h1-2,6-9H,3-5H2,(H,19,20). The first-order valence-corrected chi connectivity index (χ1v) is 6.52. The van der Waals surface area contributed by atoms with Crippen molar-refractivity contribution < 1.29 is 22.4 Å². The third-order valence-electron chi connectivity index (χ3n) is 4.15. The molecule has 1 aromatic carbocycles. The summed E-state index contributed by atoms with van der Waals surface area (Å²) in [4.78, 5) is 11.9. The van der Waals surface area contributed by atoms with Crippen LogP contribution in [0.4, 0.5) is 23.2 Å². The van der Waals surface area contributed by atoms with E-state index in [-0.39, 0.29) is 17.5 Å². The number of anilines is 1. The largest absolute Gasteiger partial charge is 0.419 e. The zero-order valence-electron chi connectivity index (χ0n) is 10.5. The lowest BCUT2D eigenvalue weighted by atomic mass is 10.0. The molecule has 0 radical (unpaired) electrons. The quantitative estimate of drug-likeness (QED) is 0.823. The highest BCUT2D eigenvalue weighted by atomic mass is 19.4. The molecule has 0 aromatic heterocycles. The Morgan fingerprint density at radius 3 is 2.40 bits per heavy atom. The second-order valence-electron chi connectivity index (χ2n) is 5.61. The molecule has 2 aliphatic carbocycles. The third kappa shape index (κ3) is 2.51. The fourth-order valence-electron chi connectivity index (χ4n) is 2.99. The van der Waals surface area contributed by atoms with Crippen molar-refractivity contribution in [2.75, 3.05) is 5.32 Å². The summed E-state index contributed by atoms with van der Waals surface area (Å²) in [5.41, 5.74) is -1.37. The summed E-state index contributed by atoms with van der Waals surface area (Å²) in [5.74, 6) is -0.498. The van der Waals surface area contributed by atoms with Gasteiger partial charge in [0.05, 0.1) is 5.56 Å². The van der Waals surface area contributed by atoms with Crippen molar-refractivity contribution in [3.63, 3.8) is 0 Å². The monoisotopic (exact) mass is 287 g/mol. The lowest BCUT2D eigenvalue weighted by Gasteiger charge is -2.14. The Hall–Kier alpha value is -1.59. The van der Waals surface area contributed by atoms with Gasteiger partial charge in [0.25, 0.3) is 0 Å². The van der Waals surface area contributed by atoms with Crippen LogP contribution in [0.15, 0.2) is 18.2 Å². The van der Waals surface area contributed by atoms with Gasteiger partial charge in [-0.2, -0.15) is 13.2 Å². The van der Waals surface area contributed by atoms with Crippen LogP contribution in [-0.2, 0) is 11.0 Å². The average Bonchev–Trinajstić information content (AvgIpc) is 2.97. The molecule has 2 unspecified atom stereocenters. The molecule has 1 amide bonds. The molecule has 0 spiro atoms. The van der Waals surface area contributed by atoms with Crippen molar-refractivity contribution in [1.29, 1.82) is 0 Å². The fourth-order valence-corrected chi connectivity index (χ4v) is 2.99. The molecule has 2 saturated carbocycles. The second kappa shape index (κ2) is 4.46. The van der Waals surface area contributed by atoms with Crippen LogP contribution in [0.25, 0.3) is 0 Å². The van der Waals surface area contributed by atoms with Crippen LogP contribution in [0.2, 0.25) is 0 Å². The number of nitrogens with one attached hydrogen (secondary N) is 1. The number of benzene rings is 1. The third-order valence-corrected chi connectivity index (χ3v) is 4.15. The Morgan fingerprint density at radius 1 is 1.15 bits per heavy atom. The first-order valence-electron chi connectivity index (χ1n) is 6.52. The van der Waals surface area contributed by atoms with Crippen molar-refractivity contribution in [3.8, 4) is 0 Å². The summed E-state index contributed by atoms with van der Waals surface area (Å²) in [6.45, 7) is 0. The summed E-state index contributed by atoms with van der Waals surface area (Å²) in [5, 5.41) is 2.46. The minimum Gasteiger partial charge on any atom is -0.326 e. The van der Waals surface area contributed by atoms with Crippen LogP contribution < -0.4 is 5.32 Å². The molecule has 2 atom stereocenters. The molecule has 0 bridgehead atoms. The maximum absolute atomic E-state index is 13.1. The van der Waals surface area contributed by atoms with Gasteiger partial charge < -0.3 is 5.32 Å². The van der Waals surface area contributed by atoms with Gasteiger partial charge in [-0.15, -0.1) is 0 Å². The van der Waals surface area contributed by atoms with Crippen LogP contribution >= 0.6 is 0 Å². The molecule has 1 aromatic rings. The van der Waals surface area contributed by atoms with Crippen LogP contribution in [-0.4, -0.2) is 5.91 Å². The Balaban J connectivity index is 1.72. The predicted octanol–water partition coefficient (Wildman–Crippen LogP) is 3.83. The van der Waals surface area contributed by atoms with Gasteiger partial charge in [0.2, 0.25) is 5.91 Å². The van der Waals surface area contributed by atoms with Crippen LogP contribution in [0.3, 0.4) is 0 Å². The van der Waals surface area contributed by atoms with E-state index in [1.165, 1.54) is 6.42 Å². The fraction of sp³-hybridized carbons (Fsp3) is 0.500. The summed E-state index contributed by atoms with van der Waals surface area (Å²) in [6, 6.07) is 2.52. The van der Waals surface area contributed by atoms with E-state index >= 15 is 0 Å². The average molecular weight is 287 g/mol. The van der Waals surface area contributed by atoms with Gasteiger partial charge in [-0.1, -0.05) is 0 Å².